The highest BCUT2D eigenvalue weighted by Crippen LogP contribution is 2.24. The molecule has 0 saturated carbocycles. The molecule has 3 rings (SSSR count). The Labute approximate surface area is 129 Å². The van der Waals surface area contributed by atoms with Crippen molar-refractivity contribution in [2.24, 2.45) is 0 Å². The van der Waals surface area contributed by atoms with Crippen molar-refractivity contribution in [2.45, 2.75) is 38.8 Å². The van der Waals surface area contributed by atoms with Crippen molar-refractivity contribution in [3.05, 3.63) is 53.9 Å². The lowest BCUT2D eigenvalue weighted by molar-refractivity contribution is 0.152. The van der Waals surface area contributed by atoms with Gasteiger partial charge >= 0.3 is 0 Å². The summed E-state index contributed by atoms with van der Waals surface area (Å²) in [5.41, 5.74) is 2.36. The summed E-state index contributed by atoms with van der Waals surface area (Å²) in [6.07, 6.45) is 7.23. The first-order valence-electron chi connectivity index (χ1n) is 7.76. The molecule has 4 heteroatoms. The molecule has 1 fully saturated rings. The molecule has 1 aromatic heterocycles. The van der Waals surface area contributed by atoms with E-state index in [0.29, 0.717) is 11.6 Å². The van der Waals surface area contributed by atoms with Gasteiger partial charge in [0.15, 0.2) is 0 Å². The molecule has 1 saturated heterocycles. The summed E-state index contributed by atoms with van der Waals surface area (Å²) in [6, 6.07) is 6.11. The van der Waals surface area contributed by atoms with E-state index in [1.807, 2.05) is 12.3 Å². The van der Waals surface area contributed by atoms with Crippen molar-refractivity contribution < 1.29 is 8.78 Å². The number of aromatic nitrogens is 1. The molecule has 0 unspecified atom stereocenters. The highest BCUT2D eigenvalue weighted by Gasteiger charge is 2.18. The van der Waals surface area contributed by atoms with Gasteiger partial charge in [-0.25, -0.2) is 8.78 Å². The molecule has 0 bridgehead atoms. The summed E-state index contributed by atoms with van der Waals surface area (Å²) < 4.78 is 26.7. The van der Waals surface area contributed by atoms with E-state index in [2.05, 4.69) is 16.8 Å². The Morgan fingerprint density at radius 2 is 1.82 bits per heavy atom. The smallest absolute Gasteiger partial charge is 0.126 e. The molecule has 0 aliphatic carbocycles. The van der Waals surface area contributed by atoms with Crippen LogP contribution >= 0.6 is 0 Å². The van der Waals surface area contributed by atoms with Crippen molar-refractivity contribution in [2.75, 3.05) is 6.54 Å². The van der Waals surface area contributed by atoms with Crippen LogP contribution in [0, 0.1) is 11.6 Å². The first kappa shape index (κ1) is 15.1. The average molecular weight is 302 g/mol. The SMILES string of the molecule is C[C@@H]1CCCCN1Cc1cncc(-c2cc(F)cc(F)c2)c1. The summed E-state index contributed by atoms with van der Waals surface area (Å²) in [5, 5.41) is 0. The molecule has 0 spiro atoms. The van der Waals surface area contributed by atoms with Crippen LogP contribution in [-0.2, 0) is 6.54 Å². The number of nitrogens with zero attached hydrogens (tertiary/aromatic N) is 2. The number of pyridine rings is 1. The van der Waals surface area contributed by atoms with Crippen LogP contribution in [0.5, 0.6) is 0 Å². The number of halogens is 2. The number of hydrogen-bond donors (Lipinski definition) is 0. The van der Waals surface area contributed by atoms with E-state index in [1.165, 1.54) is 31.4 Å². The van der Waals surface area contributed by atoms with Crippen molar-refractivity contribution in [3.8, 4) is 11.1 Å². The van der Waals surface area contributed by atoms with Gasteiger partial charge in [-0.15, -0.1) is 0 Å². The Morgan fingerprint density at radius 1 is 1.05 bits per heavy atom. The largest absolute Gasteiger partial charge is 0.296 e. The lowest BCUT2D eigenvalue weighted by atomic mass is 10.0. The van der Waals surface area contributed by atoms with Crippen LogP contribution in [0.25, 0.3) is 11.1 Å². The van der Waals surface area contributed by atoms with E-state index in [1.54, 1.807) is 6.20 Å². The molecule has 0 N–H and O–H groups in total. The second-order valence-corrected chi connectivity index (χ2v) is 6.06. The van der Waals surface area contributed by atoms with Gasteiger partial charge in [0.2, 0.25) is 0 Å². The van der Waals surface area contributed by atoms with Gasteiger partial charge in [0, 0.05) is 36.6 Å². The van der Waals surface area contributed by atoms with Gasteiger partial charge in [-0.2, -0.15) is 0 Å². The zero-order valence-corrected chi connectivity index (χ0v) is 12.7. The highest BCUT2D eigenvalue weighted by molar-refractivity contribution is 5.63. The minimum absolute atomic E-state index is 0.526. The molecule has 2 nitrogen and oxygen atoms in total. The molecule has 2 heterocycles. The first-order valence-corrected chi connectivity index (χ1v) is 7.76. The molecule has 1 aromatic carbocycles. The number of benzene rings is 1. The lowest BCUT2D eigenvalue weighted by Gasteiger charge is -2.33. The van der Waals surface area contributed by atoms with Gasteiger partial charge in [-0.05, 0) is 55.6 Å². The van der Waals surface area contributed by atoms with Crippen LogP contribution in [0.2, 0.25) is 0 Å². The zero-order valence-electron chi connectivity index (χ0n) is 12.7. The Balaban J connectivity index is 1.83. The third kappa shape index (κ3) is 3.50. The molecule has 1 atom stereocenters. The second kappa shape index (κ2) is 6.53. The Hall–Kier alpha value is -1.81. The Kier molecular flexibility index (Phi) is 4.48. The van der Waals surface area contributed by atoms with Crippen molar-refractivity contribution in [1.29, 1.82) is 0 Å². The van der Waals surface area contributed by atoms with Crippen LogP contribution in [0.1, 0.15) is 31.7 Å². The van der Waals surface area contributed by atoms with Crippen molar-refractivity contribution in [1.82, 2.24) is 9.88 Å². The van der Waals surface area contributed by atoms with E-state index in [-0.39, 0.29) is 0 Å². The maximum absolute atomic E-state index is 13.4. The molecular formula is C18H20F2N2. The first-order chi connectivity index (χ1) is 10.6. The van der Waals surface area contributed by atoms with Crippen molar-refractivity contribution in [3.63, 3.8) is 0 Å². The van der Waals surface area contributed by atoms with Crippen LogP contribution in [0.15, 0.2) is 36.7 Å². The normalized spacial score (nSPS) is 19.3. The van der Waals surface area contributed by atoms with Gasteiger partial charge in [-0.3, -0.25) is 9.88 Å². The molecule has 2 aromatic rings. The zero-order chi connectivity index (χ0) is 15.5. The fourth-order valence-corrected chi connectivity index (χ4v) is 3.08. The van der Waals surface area contributed by atoms with Gasteiger partial charge in [0.1, 0.15) is 11.6 Å². The van der Waals surface area contributed by atoms with Gasteiger partial charge in [0.25, 0.3) is 0 Å². The topological polar surface area (TPSA) is 16.1 Å². The summed E-state index contributed by atoms with van der Waals surface area (Å²) in [6.45, 7) is 4.18. The summed E-state index contributed by atoms with van der Waals surface area (Å²) in [4.78, 5) is 6.68. The Morgan fingerprint density at radius 3 is 2.55 bits per heavy atom. The van der Waals surface area contributed by atoms with Crippen LogP contribution < -0.4 is 0 Å². The van der Waals surface area contributed by atoms with E-state index in [4.69, 9.17) is 0 Å². The number of hydrogen-bond acceptors (Lipinski definition) is 2. The summed E-state index contributed by atoms with van der Waals surface area (Å²) >= 11 is 0. The minimum atomic E-state index is -0.565. The third-order valence-corrected chi connectivity index (χ3v) is 4.32. The predicted octanol–water partition coefficient (Wildman–Crippen LogP) is 4.40. The monoisotopic (exact) mass is 302 g/mol. The van der Waals surface area contributed by atoms with Gasteiger partial charge < -0.3 is 0 Å². The summed E-state index contributed by atoms with van der Waals surface area (Å²) in [7, 11) is 0. The maximum Gasteiger partial charge on any atom is 0.126 e. The van der Waals surface area contributed by atoms with Crippen molar-refractivity contribution >= 4 is 0 Å². The Bertz CT molecular complexity index is 637. The average Bonchev–Trinajstić information content (AvgIpc) is 2.49. The lowest BCUT2D eigenvalue weighted by Crippen LogP contribution is -2.36. The predicted molar refractivity (Wildman–Crippen MR) is 83.3 cm³/mol. The van der Waals surface area contributed by atoms with Gasteiger partial charge in [0.05, 0.1) is 0 Å². The molecule has 116 valence electrons. The molecular weight excluding hydrogens is 282 g/mol. The van der Waals surface area contributed by atoms with Crippen LogP contribution in [0.3, 0.4) is 0 Å². The molecule has 1 aliphatic rings. The second-order valence-electron chi connectivity index (χ2n) is 6.06. The number of likely N-dealkylation sites (tertiary alicyclic amines) is 1. The molecule has 0 radical (unpaired) electrons. The number of rotatable bonds is 3. The van der Waals surface area contributed by atoms with E-state index in [0.717, 1.165) is 30.3 Å². The van der Waals surface area contributed by atoms with E-state index in [9.17, 15) is 8.78 Å². The summed E-state index contributed by atoms with van der Waals surface area (Å²) in [5.74, 6) is -1.13. The fourth-order valence-electron chi connectivity index (χ4n) is 3.08. The standard InChI is InChI=1S/C18H20F2N2/c1-13-4-2-3-5-22(13)12-14-6-16(11-21-10-14)15-7-17(19)9-18(20)8-15/h6-11,13H,2-5,12H2,1H3/t13-/m1/s1. The van der Waals surface area contributed by atoms with Crippen LogP contribution in [-0.4, -0.2) is 22.5 Å². The van der Waals surface area contributed by atoms with E-state index < -0.39 is 11.6 Å². The number of piperidine rings is 1. The molecule has 22 heavy (non-hydrogen) atoms. The van der Waals surface area contributed by atoms with E-state index >= 15 is 0 Å². The van der Waals surface area contributed by atoms with Crippen LogP contribution in [0.4, 0.5) is 8.78 Å². The van der Waals surface area contributed by atoms with Gasteiger partial charge in [-0.1, -0.05) is 6.42 Å². The quantitative estimate of drug-likeness (QED) is 0.835. The molecule has 1 aliphatic heterocycles. The third-order valence-electron chi connectivity index (χ3n) is 4.32. The highest BCUT2D eigenvalue weighted by atomic mass is 19.1. The molecule has 0 amide bonds. The minimum Gasteiger partial charge on any atom is -0.296 e. The fraction of sp³-hybridized carbons (Fsp3) is 0.389. The maximum atomic E-state index is 13.4.